The molecule has 0 saturated heterocycles. The fourth-order valence-corrected chi connectivity index (χ4v) is 3.02. The van der Waals surface area contributed by atoms with Crippen LogP contribution in [-0.2, 0) is 20.7 Å². The molecular formula is C22H25N3O3. The quantitative estimate of drug-likeness (QED) is 0.585. The molecule has 0 fully saturated rings. The number of ether oxygens (including phenoxy) is 1. The number of para-hydroxylation sites is 1. The number of fused-ring (bicyclic) bond motifs is 1. The number of aromatic amines is 1. The van der Waals surface area contributed by atoms with Crippen LogP contribution in [-0.4, -0.2) is 37.6 Å². The largest absolute Gasteiger partial charge is 0.456 e. The van der Waals surface area contributed by atoms with E-state index in [0.717, 1.165) is 17.6 Å². The summed E-state index contributed by atoms with van der Waals surface area (Å²) in [4.78, 5) is 29.0. The number of esters is 1. The van der Waals surface area contributed by atoms with Crippen LogP contribution < -0.4 is 10.2 Å². The number of nitrogens with zero attached hydrogens (tertiary/aromatic N) is 1. The van der Waals surface area contributed by atoms with Gasteiger partial charge in [0.15, 0.2) is 6.61 Å². The molecule has 2 aromatic carbocycles. The summed E-state index contributed by atoms with van der Waals surface area (Å²) in [6.07, 6.45) is 3.72. The van der Waals surface area contributed by atoms with Crippen molar-refractivity contribution in [1.29, 1.82) is 0 Å². The van der Waals surface area contributed by atoms with Gasteiger partial charge in [0, 0.05) is 49.0 Å². The van der Waals surface area contributed by atoms with Crippen LogP contribution in [0.2, 0.25) is 0 Å². The van der Waals surface area contributed by atoms with Crippen LogP contribution >= 0.6 is 0 Å². The molecule has 2 N–H and O–H groups in total. The minimum absolute atomic E-state index is 0.276. The Morgan fingerprint density at radius 1 is 1.07 bits per heavy atom. The number of hydrogen-bond acceptors (Lipinski definition) is 4. The van der Waals surface area contributed by atoms with E-state index in [0.29, 0.717) is 12.1 Å². The molecular weight excluding hydrogens is 354 g/mol. The van der Waals surface area contributed by atoms with Gasteiger partial charge < -0.3 is 19.9 Å². The molecule has 6 heteroatoms. The molecule has 0 spiro atoms. The lowest BCUT2D eigenvalue weighted by atomic mass is 10.1. The first kappa shape index (κ1) is 19.5. The van der Waals surface area contributed by atoms with E-state index in [1.54, 1.807) is 0 Å². The van der Waals surface area contributed by atoms with Crippen molar-refractivity contribution in [3.63, 3.8) is 0 Å². The number of H-pyrrole nitrogens is 1. The molecule has 0 aliphatic carbocycles. The second kappa shape index (κ2) is 9.08. The third-order valence-electron chi connectivity index (χ3n) is 4.53. The number of benzene rings is 2. The van der Waals surface area contributed by atoms with Gasteiger partial charge in [-0.25, -0.2) is 0 Å². The Morgan fingerprint density at radius 3 is 2.57 bits per heavy atom. The molecule has 0 saturated carbocycles. The molecule has 0 aliphatic rings. The summed E-state index contributed by atoms with van der Waals surface area (Å²) in [6, 6.07) is 15.5. The van der Waals surface area contributed by atoms with Crippen molar-refractivity contribution in [2.75, 3.05) is 30.9 Å². The lowest BCUT2D eigenvalue weighted by Gasteiger charge is -2.13. The fourth-order valence-electron chi connectivity index (χ4n) is 3.02. The summed E-state index contributed by atoms with van der Waals surface area (Å²) in [5, 5.41) is 3.90. The molecule has 3 aromatic rings. The monoisotopic (exact) mass is 379 g/mol. The van der Waals surface area contributed by atoms with Gasteiger partial charge in [0.1, 0.15) is 0 Å². The highest BCUT2D eigenvalue weighted by Gasteiger charge is 2.09. The summed E-state index contributed by atoms with van der Waals surface area (Å²) >= 11 is 0. The van der Waals surface area contributed by atoms with Gasteiger partial charge in [-0.2, -0.15) is 0 Å². The number of carbonyl (C=O) groups is 2. The van der Waals surface area contributed by atoms with Gasteiger partial charge in [0.25, 0.3) is 5.91 Å². The zero-order valence-electron chi connectivity index (χ0n) is 16.2. The molecule has 1 aromatic heterocycles. The Hall–Kier alpha value is -3.28. The average Bonchev–Trinajstić information content (AvgIpc) is 3.10. The minimum Gasteiger partial charge on any atom is -0.456 e. The Bertz CT molecular complexity index is 945. The number of hydrogen-bond donors (Lipinski definition) is 2. The third-order valence-corrected chi connectivity index (χ3v) is 4.53. The van der Waals surface area contributed by atoms with Gasteiger partial charge in [0.05, 0.1) is 0 Å². The molecule has 0 atom stereocenters. The molecule has 1 heterocycles. The average molecular weight is 379 g/mol. The van der Waals surface area contributed by atoms with Gasteiger partial charge in [-0.15, -0.1) is 0 Å². The Labute approximate surface area is 164 Å². The SMILES string of the molecule is CN(C)c1ccc(NC(=O)COC(=O)CCCc2c[nH]c3ccccc23)cc1. The Kier molecular flexibility index (Phi) is 6.32. The Balaban J connectivity index is 1.38. The summed E-state index contributed by atoms with van der Waals surface area (Å²) in [6.45, 7) is -0.276. The van der Waals surface area contributed by atoms with Crippen molar-refractivity contribution in [2.45, 2.75) is 19.3 Å². The molecule has 0 radical (unpaired) electrons. The Morgan fingerprint density at radius 2 is 1.82 bits per heavy atom. The number of amides is 1. The van der Waals surface area contributed by atoms with Crippen molar-refractivity contribution in [3.05, 3.63) is 60.3 Å². The van der Waals surface area contributed by atoms with E-state index in [9.17, 15) is 9.59 Å². The lowest BCUT2D eigenvalue weighted by Crippen LogP contribution is -2.20. The molecule has 146 valence electrons. The molecule has 3 rings (SSSR count). The summed E-state index contributed by atoms with van der Waals surface area (Å²) in [7, 11) is 3.90. The van der Waals surface area contributed by atoms with E-state index in [2.05, 4.69) is 16.4 Å². The van der Waals surface area contributed by atoms with E-state index >= 15 is 0 Å². The van der Waals surface area contributed by atoms with E-state index in [4.69, 9.17) is 4.74 Å². The van der Waals surface area contributed by atoms with Gasteiger partial charge in [-0.3, -0.25) is 9.59 Å². The van der Waals surface area contributed by atoms with Crippen LogP contribution in [0.25, 0.3) is 10.9 Å². The minimum atomic E-state index is -0.363. The number of carbonyl (C=O) groups excluding carboxylic acids is 2. The van der Waals surface area contributed by atoms with Crippen molar-refractivity contribution >= 4 is 34.2 Å². The normalized spacial score (nSPS) is 10.6. The molecule has 1 amide bonds. The van der Waals surface area contributed by atoms with Crippen molar-refractivity contribution in [2.24, 2.45) is 0 Å². The topological polar surface area (TPSA) is 74.4 Å². The van der Waals surface area contributed by atoms with Crippen LogP contribution in [0.4, 0.5) is 11.4 Å². The van der Waals surface area contributed by atoms with Crippen molar-refractivity contribution in [1.82, 2.24) is 4.98 Å². The highest BCUT2D eigenvalue weighted by atomic mass is 16.5. The van der Waals surface area contributed by atoms with Crippen LogP contribution in [0, 0.1) is 0 Å². The zero-order valence-corrected chi connectivity index (χ0v) is 16.2. The predicted octanol–water partition coefficient (Wildman–Crippen LogP) is 3.74. The first-order chi connectivity index (χ1) is 13.5. The predicted molar refractivity (Wildman–Crippen MR) is 112 cm³/mol. The summed E-state index contributed by atoms with van der Waals surface area (Å²) in [5.41, 5.74) is 3.99. The van der Waals surface area contributed by atoms with Crippen molar-refractivity contribution in [3.8, 4) is 0 Å². The van der Waals surface area contributed by atoms with E-state index in [1.807, 2.05) is 67.7 Å². The highest BCUT2D eigenvalue weighted by Crippen LogP contribution is 2.19. The van der Waals surface area contributed by atoms with E-state index in [1.165, 1.54) is 10.9 Å². The smallest absolute Gasteiger partial charge is 0.306 e. The molecule has 0 bridgehead atoms. The number of aromatic nitrogens is 1. The number of nitrogens with one attached hydrogen (secondary N) is 2. The van der Waals surface area contributed by atoms with Gasteiger partial charge in [-0.1, -0.05) is 18.2 Å². The van der Waals surface area contributed by atoms with Crippen LogP contribution in [0.5, 0.6) is 0 Å². The van der Waals surface area contributed by atoms with E-state index in [-0.39, 0.29) is 24.9 Å². The van der Waals surface area contributed by atoms with Gasteiger partial charge >= 0.3 is 5.97 Å². The van der Waals surface area contributed by atoms with Crippen LogP contribution in [0.3, 0.4) is 0 Å². The number of anilines is 2. The van der Waals surface area contributed by atoms with E-state index < -0.39 is 0 Å². The van der Waals surface area contributed by atoms with Crippen LogP contribution in [0.15, 0.2) is 54.7 Å². The maximum absolute atomic E-state index is 11.9. The van der Waals surface area contributed by atoms with Crippen molar-refractivity contribution < 1.29 is 14.3 Å². The molecule has 0 aliphatic heterocycles. The van der Waals surface area contributed by atoms with Crippen LogP contribution in [0.1, 0.15) is 18.4 Å². The second-order valence-corrected chi connectivity index (χ2v) is 6.86. The highest BCUT2D eigenvalue weighted by molar-refractivity contribution is 5.93. The number of aryl methyl sites for hydroxylation is 1. The first-order valence-electron chi connectivity index (χ1n) is 9.31. The fraction of sp³-hybridized carbons (Fsp3) is 0.273. The molecule has 28 heavy (non-hydrogen) atoms. The zero-order chi connectivity index (χ0) is 19.9. The second-order valence-electron chi connectivity index (χ2n) is 6.86. The standard InChI is InChI=1S/C22H25N3O3/c1-25(2)18-12-10-17(11-13-18)24-21(26)15-28-22(27)9-5-6-16-14-23-20-8-4-3-7-19(16)20/h3-4,7-8,10-14,23H,5-6,9,15H2,1-2H3,(H,24,26). The maximum Gasteiger partial charge on any atom is 0.306 e. The van der Waals surface area contributed by atoms with Gasteiger partial charge in [-0.05, 0) is 48.7 Å². The third kappa shape index (κ3) is 5.13. The molecule has 6 nitrogen and oxygen atoms in total. The van der Waals surface area contributed by atoms with Gasteiger partial charge in [0.2, 0.25) is 0 Å². The maximum atomic E-state index is 11.9. The molecule has 0 unspecified atom stereocenters. The summed E-state index contributed by atoms with van der Waals surface area (Å²) in [5.74, 6) is -0.708. The summed E-state index contributed by atoms with van der Waals surface area (Å²) < 4.78 is 5.08. The first-order valence-corrected chi connectivity index (χ1v) is 9.31. The lowest BCUT2D eigenvalue weighted by molar-refractivity contribution is -0.147. The number of rotatable bonds is 8.